The van der Waals surface area contributed by atoms with Crippen molar-refractivity contribution < 1.29 is 0 Å². The Balaban J connectivity index is 2.59. The van der Waals surface area contributed by atoms with Crippen LogP contribution >= 0.6 is 6.04 Å². The molecule has 0 N–H and O–H groups in total. The molecule has 0 saturated carbocycles. The molecule has 0 aliphatic heterocycles. The molecule has 0 aliphatic carbocycles. The van der Waals surface area contributed by atoms with Crippen LogP contribution in [0.15, 0.2) is 60.7 Å². The first-order chi connectivity index (χ1) is 8.69. The number of benzene rings is 2. The van der Waals surface area contributed by atoms with Crippen molar-refractivity contribution in [2.75, 3.05) is 0 Å². The van der Waals surface area contributed by atoms with Crippen molar-refractivity contribution in [1.82, 2.24) is 0 Å². The fourth-order valence-corrected chi connectivity index (χ4v) is 6.45. The summed E-state index contributed by atoms with van der Waals surface area (Å²) in [5.41, 5.74) is 0.539. The highest BCUT2D eigenvalue weighted by atomic mass is 32.4. The zero-order chi connectivity index (χ0) is 13.0. The molecule has 0 nitrogen and oxygen atoms in total. The van der Waals surface area contributed by atoms with Gasteiger partial charge in [-0.25, -0.2) is 0 Å². The molecule has 0 fully saturated rings. The Morgan fingerprint density at radius 2 is 1.28 bits per heavy atom. The van der Waals surface area contributed by atoms with Crippen LogP contribution in [0.4, 0.5) is 0 Å². The predicted octanol–water partition coefficient (Wildman–Crippen LogP) is 3.92. The predicted molar refractivity (Wildman–Crippen MR) is 86.2 cm³/mol. The third-order valence-corrected chi connectivity index (χ3v) is 9.57. The highest BCUT2D eigenvalue weighted by molar-refractivity contribution is 8.22. The Morgan fingerprint density at radius 3 is 1.61 bits per heavy atom. The summed E-state index contributed by atoms with van der Waals surface area (Å²) in [5.74, 6) is 0. The maximum atomic E-state index is 6.17. The number of hydrogen-bond donors (Lipinski definition) is 0. The molecule has 0 spiro atoms. The molecule has 2 aromatic rings. The monoisotopic (exact) mass is 274 g/mol. The first-order valence-electron chi connectivity index (χ1n) is 6.40. The zero-order valence-corrected chi connectivity index (χ0v) is 12.6. The summed E-state index contributed by atoms with van der Waals surface area (Å²) in [5, 5.41) is 2.67. The fourth-order valence-electron chi connectivity index (χ4n) is 2.21. The largest absolute Gasteiger partial charge is 0.0873 e. The average Bonchev–Trinajstić information content (AvgIpc) is 2.47. The SMILES string of the molecule is CC[C@H](C)P(=S)(c1ccccc1)c1ccccc1. The van der Waals surface area contributed by atoms with E-state index < -0.39 is 6.04 Å². The van der Waals surface area contributed by atoms with Crippen molar-refractivity contribution in [2.24, 2.45) is 0 Å². The van der Waals surface area contributed by atoms with Crippen molar-refractivity contribution in [3.63, 3.8) is 0 Å². The topological polar surface area (TPSA) is 0 Å². The Bertz CT molecular complexity index is 490. The van der Waals surface area contributed by atoms with Gasteiger partial charge in [-0.2, -0.15) is 0 Å². The minimum Gasteiger partial charge on any atom is -0.0873 e. The minimum atomic E-state index is -1.68. The van der Waals surface area contributed by atoms with Gasteiger partial charge in [0, 0.05) is 6.04 Å². The van der Waals surface area contributed by atoms with Gasteiger partial charge >= 0.3 is 0 Å². The van der Waals surface area contributed by atoms with Crippen LogP contribution in [0.5, 0.6) is 0 Å². The summed E-state index contributed by atoms with van der Waals surface area (Å²) in [6.07, 6.45) is 1.13. The molecule has 0 bridgehead atoms. The number of rotatable bonds is 4. The molecule has 94 valence electrons. The third kappa shape index (κ3) is 2.43. The Morgan fingerprint density at radius 1 is 0.889 bits per heavy atom. The molecule has 1 atom stereocenters. The standard InChI is InChI=1S/C16H19PS/c1-3-14(2)17(18,15-10-6-4-7-11-15)16-12-8-5-9-13-16/h4-14H,3H2,1-2H3/t14-/m0/s1. The lowest BCUT2D eigenvalue weighted by Gasteiger charge is -2.29. The van der Waals surface area contributed by atoms with E-state index in [4.69, 9.17) is 11.8 Å². The van der Waals surface area contributed by atoms with Crippen LogP contribution in [0.3, 0.4) is 0 Å². The molecule has 0 aliphatic rings. The summed E-state index contributed by atoms with van der Waals surface area (Å²) in [6, 6.07) is 19.6. The summed E-state index contributed by atoms with van der Waals surface area (Å²) >= 11 is 6.17. The van der Waals surface area contributed by atoms with Crippen LogP contribution in [-0.4, -0.2) is 5.66 Å². The van der Waals surface area contributed by atoms with Gasteiger partial charge in [-0.1, -0.05) is 86.3 Å². The number of hydrogen-bond acceptors (Lipinski definition) is 1. The van der Waals surface area contributed by atoms with Gasteiger partial charge in [0.15, 0.2) is 0 Å². The lowest BCUT2D eigenvalue weighted by Crippen LogP contribution is -2.23. The molecule has 2 heteroatoms. The van der Waals surface area contributed by atoms with E-state index >= 15 is 0 Å². The van der Waals surface area contributed by atoms with Gasteiger partial charge in [0.25, 0.3) is 0 Å². The lowest BCUT2D eigenvalue weighted by molar-refractivity contribution is 0.898. The summed E-state index contributed by atoms with van der Waals surface area (Å²) < 4.78 is 0. The molecule has 0 radical (unpaired) electrons. The molecule has 0 aromatic heterocycles. The Hall–Kier alpha value is -0.910. The summed E-state index contributed by atoms with van der Waals surface area (Å²) in [4.78, 5) is 0. The smallest absolute Gasteiger partial charge is 0.0132 e. The molecule has 0 unspecified atom stereocenters. The highest BCUT2D eigenvalue weighted by Crippen LogP contribution is 2.49. The average molecular weight is 274 g/mol. The van der Waals surface area contributed by atoms with Crippen LogP contribution in [0.2, 0.25) is 0 Å². The van der Waals surface area contributed by atoms with E-state index in [0.717, 1.165) is 6.42 Å². The maximum absolute atomic E-state index is 6.17. The molecule has 0 amide bonds. The van der Waals surface area contributed by atoms with Gasteiger partial charge in [-0.05, 0) is 22.7 Å². The van der Waals surface area contributed by atoms with E-state index in [0.29, 0.717) is 5.66 Å². The van der Waals surface area contributed by atoms with E-state index in [-0.39, 0.29) is 0 Å². The van der Waals surface area contributed by atoms with Crippen LogP contribution in [0.1, 0.15) is 20.3 Å². The third-order valence-electron chi connectivity index (χ3n) is 3.49. The van der Waals surface area contributed by atoms with Gasteiger partial charge in [0.2, 0.25) is 0 Å². The summed E-state index contributed by atoms with van der Waals surface area (Å²) in [7, 11) is 0. The van der Waals surface area contributed by atoms with Gasteiger partial charge in [-0.3, -0.25) is 0 Å². The maximum Gasteiger partial charge on any atom is 0.0132 e. The second-order valence-corrected chi connectivity index (χ2v) is 9.54. The molecular formula is C16H19PS. The summed E-state index contributed by atoms with van der Waals surface area (Å²) in [6.45, 7) is 4.53. The van der Waals surface area contributed by atoms with Crippen LogP contribution in [-0.2, 0) is 11.8 Å². The molecule has 0 saturated heterocycles. The van der Waals surface area contributed by atoms with Crippen LogP contribution < -0.4 is 10.6 Å². The van der Waals surface area contributed by atoms with Crippen molar-refractivity contribution in [3.8, 4) is 0 Å². The van der Waals surface area contributed by atoms with E-state index in [9.17, 15) is 0 Å². The fraction of sp³-hybridized carbons (Fsp3) is 0.250. The van der Waals surface area contributed by atoms with Crippen molar-refractivity contribution in [1.29, 1.82) is 0 Å². The molecule has 2 aromatic carbocycles. The van der Waals surface area contributed by atoms with E-state index in [1.54, 1.807) is 0 Å². The quantitative estimate of drug-likeness (QED) is 0.762. The highest BCUT2D eigenvalue weighted by Gasteiger charge is 2.27. The first-order valence-corrected chi connectivity index (χ1v) is 9.27. The van der Waals surface area contributed by atoms with E-state index in [2.05, 4.69) is 74.5 Å². The zero-order valence-electron chi connectivity index (χ0n) is 10.9. The van der Waals surface area contributed by atoms with Gasteiger partial charge in [0.1, 0.15) is 0 Å². The van der Waals surface area contributed by atoms with Crippen LogP contribution in [0, 0.1) is 0 Å². The van der Waals surface area contributed by atoms with Crippen molar-refractivity contribution in [2.45, 2.75) is 25.9 Å². The Labute approximate surface area is 115 Å². The molecule has 2 rings (SSSR count). The second kappa shape index (κ2) is 5.82. The van der Waals surface area contributed by atoms with Gasteiger partial charge < -0.3 is 0 Å². The van der Waals surface area contributed by atoms with E-state index in [1.165, 1.54) is 10.6 Å². The van der Waals surface area contributed by atoms with Crippen LogP contribution in [0.25, 0.3) is 0 Å². The van der Waals surface area contributed by atoms with Crippen molar-refractivity contribution >= 4 is 28.5 Å². The molecule has 0 heterocycles. The van der Waals surface area contributed by atoms with Gasteiger partial charge in [-0.15, -0.1) is 0 Å². The van der Waals surface area contributed by atoms with Gasteiger partial charge in [0.05, 0.1) is 0 Å². The second-order valence-electron chi connectivity index (χ2n) is 4.59. The van der Waals surface area contributed by atoms with E-state index in [1.807, 2.05) is 0 Å². The normalized spacial score (nSPS) is 13.2. The first kappa shape index (κ1) is 13.5. The lowest BCUT2D eigenvalue weighted by atomic mass is 10.3. The van der Waals surface area contributed by atoms with Crippen molar-refractivity contribution in [3.05, 3.63) is 60.7 Å². The minimum absolute atomic E-state index is 0.539. The molecule has 18 heavy (non-hydrogen) atoms. The Kier molecular flexibility index (Phi) is 4.37. The molecular weight excluding hydrogens is 255 g/mol.